The van der Waals surface area contributed by atoms with E-state index in [1.165, 1.54) is 12.8 Å². The summed E-state index contributed by atoms with van der Waals surface area (Å²) in [6, 6.07) is 5.97. The molecule has 16 heavy (non-hydrogen) atoms. The fraction of sp³-hybridized carbons (Fsp3) is 0.538. The van der Waals surface area contributed by atoms with Crippen LogP contribution >= 0.6 is 27.5 Å². The van der Waals surface area contributed by atoms with Gasteiger partial charge in [-0.25, -0.2) is 0 Å². The molecule has 1 aromatic rings. The Bertz CT molecular complexity index is 320. The zero-order chi connectivity index (χ0) is 12.1. The molecule has 2 unspecified atom stereocenters. The quantitative estimate of drug-likeness (QED) is 0.820. The molecule has 0 aliphatic rings. The van der Waals surface area contributed by atoms with Crippen molar-refractivity contribution in [2.45, 2.75) is 39.2 Å². The fourth-order valence-electron chi connectivity index (χ4n) is 1.97. The van der Waals surface area contributed by atoms with Crippen molar-refractivity contribution in [3.63, 3.8) is 0 Å². The maximum atomic E-state index is 6.18. The zero-order valence-corrected chi connectivity index (χ0v) is 12.2. The highest BCUT2D eigenvalue weighted by molar-refractivity contribution is 9.10. The summed E-state index contributed by atoms with van der Waals surface area (Å²) in [6.45, 7) is 4.46. The number of rotatable bonds is 5. The van der Waals surface area contributed by atoms with Gasteiger partial charge in [-0.05, 0) is 36.1 Å². The highest BCUT2D eigenvalue weighted by Crippen LogP contribution is 2.27. The molecule has 0 bridgehead atoms. The van der Waals surface area contributed by atoms with Gasteiger partial charge >= 0.3 is 0 Å². The molecule has 0 saturated carbocycles. The molecule has 1 aromatic carbocycles. The van der Waals surface area contributed by atoms with Crippen molar-refractivity contribution < 1.29 is 0 Å². The van der Waals surface area contributed by atoms with Crippen LogP contribution in [-0.4, -0.2) is 0 Å². The molecule has 0 aromatic heterocycles. The highest BCUT2D eigenvalue weighted by atomic mass is 79.9. The predicted octanol–water partition coefficient (Wildman–Crippen LogP) is 4.93. The number of hydrogen-bond donors (Lipinski definition) is 1. The Balaban J connectivity index is 2.68. The van der Waals surface area contributed by atoms with Crippen LogP contribution < -0.4 is 5.73 Å². The van der Waals surface area contributed by atoms with E-state index in [9.17, 15) is 0 Å². The lowest BCUT2D eigenvalue weighted by Crippen LogP contribution is -2.14. The van der Waals surface area contributed by atoms with Crippen molar-refractivity contribution >= 4 is 27.5 Å². The van der Waals surface area contributed by atoms with E-state index in [2.05, 4.69) is 35.8 Å². The normalized spacial score (nSPS) is 14.8. The van der Waals surface area contributed by atoms with Crippen LogP contribution in [0.4, 0.5) is 0 Å². The molecule has 1 rings (SSSR count). The van der Waals surface area contributed by atoms with Crippen LogP contribution in [0.1, 0.15) is 44.7 Å². The lowest BCUT2D eigenvalue weighted by atomic mass is 9.94. The van der Waals surface area contributed by atoms with E-state index < -0.39 is 0 Å². The van der Waals surface area contributed by atoms with Crippen LogP contribution in [0.2, 0.25) is 5.02 Å². The molecular weight excluding hydrogens is 286 g/mol. The Morgan fingerprint density at radius 1 is 1.38 bits per heavy atom. The van der Waals surface area contributed by atoms with E-state index in [-0.39, 0.29) is 6.04 Å². The van der Waals surface area contributed by atoms with Gasteiger partial charge in [0.2, 0.25) is 0 Å². The summed E-state index contributed by atoms with van der Waals surface area (Å²) in [5.74, 6) is 0.665. The molecule has 0 aliphatic carbocycles. The maximum Gasteiger partial charge on any atom is 0.0420 e. The number of hydrogen-bond acceptors (Lipinski definition) is 1. The molecular formula is C13H19BrClN. The summed E-state index contributed by atoms with van der Waals surface area (Å²) >= 11 is 9.44. The molecule has 0 saturated heterocycles. The molecule has 0 amide bonds. The monoisotopic (exact) mass is 303 g/mol. The van der Waals surface area contributed by atoms with E-state index in [1.54, 1.807) is 0 Å². The first-order valence-electron chi connectivity index (χ1n) is 5.74. The van der Waals surface area contributed by atoms with E-state index in [0.717, 1.165) is 21.5 Å². The minimum absolute atomic E-state index is 0.0801. The number of halogens is 2. The Hall–Kier alpha value is -0.0500. The average molecular weight is 305 g/mol. The second-order valence-electron chi connectivity index (χ2n) is 4.44. The fourth-order valence-corrected chi connectivity index (χ4v) is 2.86. The summed E-state index contributed by atoms with van der Waals surface area (Å²) in [5.41, 5.74) is 7.30. The minimum Gasteiger partial charge on any atom is -0.324 e. The Morgan fingerprint density at radius 2 is 2.06 bits per heavy atom. The highest BCUT2D eigenvalue weighted by Gasteiger charge is 2.11. The molecule has 0 spiro atoms. The van der Waals surface area contributed by atoms with Crippen LogP contribution in [0.25, 0.3) is 0 Å². The summed E-state index contributed by atoms with van der Waals surface area (Å²) in [5, 5.41) is 0.739. The summed E-state index contributed by atoms with van der Waals surface area (Å²) in [7, 11) is 0. The lowest BCUT2D eigenvalue weighted by molar-refractivity contribution is 0.440. The SMILES string of the molecule is CCCC(C)CC(N)c1cc(Cl)cc(Br)c1. The molecule has 2 N–H and O–H groups in total. The third-order valence-electron chi connectivity index (χ3n) is 2.75. The third kappa shape index (κ3) is 4.44. The van der Waals surface area contributed by atoms with Gasteiger partial charge in [0.05, 0.1) is 0 Å². The standard InChI is InChI=1S/C13H19BrClN/c1-3-4-9(2)5-13(16)10-6-11(14)8-12(15)7-10/h6-9,13H,3-5,16H2,1-2H3. The second-order valence-corrected chi connectivity index (χ2v) is 5.79. The van der Waals surface area contributed by atoms with Gasteiger partial charge in [-0.2, -0.15) is 0 Å². The van der Waals surface area contributed by atoms with E-state index in [4.69, 9.17) is 17.3 Å². The smallest absolute Gasteiger partial charge is 0.0420 e. The summed E-state index contributed by atoms with van der Waals surface area (Å²) in [6.07, 6.45) is 3.46. The number of benzene rings is 1. The summed E-state index contributed by atoms with van der Waals surface area (Å²) in [4.78, 5) is 0. The van der Waals surface area contributed by atoms with Crippen molar-refractivity contribution in [3.8, 4) is 0 Å². The van der Waals surface area contributed by atoms with Crippen LogP contribution in [0.5, 0.6) is 0 Å². The topological polar surface area (TPSA) is 26.0 Å². The van der Waals surface area contributed by atoms with E-state index in [1.807, 2.05) is 12.1 Å². The summed E-state index contributed by atoms with van der Waals surface area (Å²) < 4.78 is 0.994. The van der Waals surface area contributed by atoms with Crippen molar-refractivity contribution in [2.75, 3.05) is 0 Å². The van der Waals surface area contributed by atoms with Crippen molar-refractivity contribution in [3.05, 3.63) is 33.3 Å². The van der Waals surface area contributed by atoms with Crippen molar-refractivity contribution in [1.82, 2.24) is 0 Å². The molecule has 2 atom stereocenters. The van der Waals surface area contributed by atoms with Gasteiger partial charge in [0, 0.05) is 15.5 Å². The molecule has 3 heteroatoms. The van der Waals surface area contributed by atoms with Crippen LogP contribution in [-0.2, 0) is 0 Å². The zero-order valence-electron chi connectivity index (χ0n) is 9.84. The first kappa shape index (κ1) is 14.0. The first-order valence-corrected chi connectivity index (χ1v) is 6.91. The van der Waals surface area contributed by atoms with Crippen LogP contribution in [0, 0.1) is 5.92 Å². The largest absolute Gasteiger partial charge is 0.324 e. The molecule has 0 fully saturated rings. The Kier molecular flexibility index (Phi) is 5.81. The number of nitrogens with two attached hydrogens (primary N) is 1. The molecule has 0 aliphatic heterocycles. The minimum atomic E-state index is 0.0801. The molecule has 1 nitrogen and oxygen atoms in total. The van der Waals surface area contributed by atoms with Gasteiger partial charge < -0.3 is 5.73 Å². The van der Waals surface area contributed by atoms with E-state index >= 15 is 0 Å². The van der Waals surface area contributed by atoms with Gasteiger partial charge in [0.25, 0.3) is 0 Å². The van der Waals surface area contributed by atoms with Gasteiger partial charge in [-0.1, -0.05) is 54.2 Å². The van der Waals surface area contributed by atoms with Crippen LogP contribution in [0.15, 0.2) is 22.7 Å². The lowest BCUT2D eigenvalue weighted by Gasteiger charge is -2.17. The second kappa shape index (κ2) is 6.63. The third-order valence-corrected chi connectivity index (χ3v) is 3.43. The molecule has 0 radical (unpaired) electrons. The predicted molar refractivity (Wildman–Crippen MR) is 74.8 cm³/mol. The maximum absolute atomic E-state index is 6.18. The van der Waals surface area contributed by atoms with Gasteiger partial charge in [-0.3, -0.25) is 0 Å². The van der Waals surface area contributed by atoms with Crippen molar-refractivity contribution in [2.24, 2.45) is 11.7 Å². The van der Waals surface area contributed by atoms with E-state index in [0.29, 0.717) is 5.92 Å². The average Bonchev–Trinajstić information content (AvgIpc) is 2.16. The van der Waals surface area contributed by atoms with Gasteiger partial charge in [-0.15, -0.1) is 0 Å². The molecule has 0 heterocycles. The van der Waals surface area contributed by atoms with Gasteiger partial charge in [0.1, 0.15) is 0 Å². The molecule has 90 valence electrons. The van der Waals surface area contributed by atoms with Gasteiger partial charge in [0.15, 0.2) is 0 Å². The first-order chi connectivity index (χ1) is 7.52. The Labute approximate surface area is 111 Å². The van der Waals surface area contributed by atoms with Crippen LogP contribution in [0.3, 0.4) is 0 Å². The van der Waals surface area contributed by atoms with Crippen molar-refractivity contribution in [1.29, 1.82) is 0 Å². The Morgan fingerprint density at radius 3 is 2.62 bits per heavy atom.